The Morgan fingerprint density at radius 2 is 1.95 bits per heavy atom. The minimum Gasteiger partial charge on any atom is -0.452 e. The molecule has 0 aliphatic carbocycles. The van der Waals surface area contributed by atoms with Crippen LogP contribution in [0.25, 0.3) is 10.9 Å². The highest BCUT2D eigenvalue weighted by Gasteiger charge is 2.16. The van der Waals surface area contributed by atoms with E-state index >= 15 is 0 Å². The van der Waals surface area contributed by atoms with Crippen LogP contribution in [0.5, 0.6) is 11.5 Å². The first kappa shape index (κ1) is 14.4. The van der Waals surface area contributed by atoms with E-state index < -0.39 is 4.92 Å². The van der Waals surface area contributed by atoms with Crippen molar-refractivity contribution in [1.29, 1.82) is 0 Å². The molecule has 0 aliphatic rings. The third kappa shape index (κ3) is 2.62. The van der Waals surface area contributed by atoms with Gasteiger partial charge in [0.05, 0.1) is 10.3 Å². The molecule has 0 spiro atoms. The lowest BCUT2D eigenvalue weighted by Gasteiger charge is -2.10. The lowest BCUT2D eigenvalue weighted by Crippen LogP contribution is -1.94. The number of halogens is 1. The summed E-state index contributed by atoms with van der Waals surface area (Å²) in [5.74, 6) is 0.957. The quantitative estimate of drug-likeness (QED) is 0.393. The summed E-state index contributed by atoms with van der Waals surface area (Å²) < 4.78 is 6.38. The number of nitrogens with zero attached hydrogens (tertiary/aromatic N) is 3. The SMILES string of the molecule is Cc1ccc(Oc2ccc([N+](=O)[O-])c3cccnc23)c(Br)n1. The van der Waals surface area contributed by atoms with Crippen molar-refractivity contribution < 1.29 is 9.66 Å². The third-order valence-corrected chi connectivity index (χ3v) is 3.65. The first-order chi connectivity index (χ1) is 10.6. The van der Waals surface area contributed by atoms with Crippen molar-refractivity contribution in [3.63, 3.8) is 0 Å². The minimum absolute atomic E-state index is 0.00320. The molecule has 0 atom stereocenters. The molecule has 6 nitrogen and oxygen atoms in total. The summed E-state index contributed by atoms with van der Waals surface area (Å²) in [4.78, 5) is 19.1. The number of fused-ring (bicyclic) bond motifs is 1. The van der Waals surface area contributed by atoms with Crippen LogP contribution < -0.4 is 4.74 Å². The maximum Gasteiger partial charge on any atom is 0.279 e. The maximum absolute atomic E-state index is 11.1. The average Bonchev–Trinajstić information content (AvgIpc) is 2.50. The smallest absolute Gasteiger partial charge is 0.279 e. The van der Waals surface area contributed by atoms with E-state index in [4.69, 9.17) is 4.74 Å². The van der Waals surface area contributed by atoms with Crippen molar-refractivity contribution in [3.8, 4) is 11.5 Å². The van der Waals surface area contributed by atoms with Crippen LogP contribution in [0.1, 0.15) is 5.69 Å². The molecule has 0 unspecified atom stereocenters. The van der Waals surface area contributed by atoms with Crippen LogP contribution in [-0.4, -0.2) is 14.9 Å². The number of ether oxygens (including phenoxy) is 1. The molecule has 0 saturated heterocycles. The normalized spacial score (nSPS) is 10.6. The van der Waals surface area contributed by atoms with Crippen molar-refractivity contribution in [2.45, 2.75) is 6.92 Å². The van der Waals surface area contributed by atoms with Gasteiger partial charge in [-0.1, -0.05) is 0 Å². The van der Waals surface area contributed by atoms with Crippen molar-refractivity contribution >= 4 is 32.5 Å². The topological polar surface area (TPSA) is 78.2 Å². The van der Waals surface area contributed by atoms with Gasteiger partial charge in [0.1, 0.15) is 10.1 Å². The van der Waals surface area contributed by atoms with Crippen LogP contribution >= 0.6 is 15.9 Å². The lowest BCUT2D eigenvalue weighted by molar-refractivity contribution is -0.383. The van der Waals surface area contributed by atoms with E-state index in [9.17, 15) is 10.1 Å². The van der Waals surface area contributed by atoms with Gasteiger partial charge in [0.25, 0.3) is 5.69 Å². The van der Waals surface area contributed by atoms with Crippen LogP contribution in [0, 0.1) is 17.0 Å². The Morgan fingerprint density at radius 1 is 1.18 bits per heavy atom. The molecule has 3 aromatic rings. The fraction of sp³-hybridized carbons (Fsp3) is 0.0667. The molecule has 2 aromatic heterocycles. The number of nitro benzene ring substituents is 1. The summed E-state index contributed by atoms with van der Waals surface area (Å²) >= 11 is 3.34. The highest BCUT2D eigenvalue weighted by atomic mass is 79.9. The monoisotopic (exact) mass is 359 g/mol. The number of hydrogen-bond donors (Lipinski definition) is 0. The molecule has 0 bridgehead atoms. The first-order valence-corrected chi connectivity index (χ1v) is 7.18. The van der Waals surface area contributed by atoms with Crippen LogP contribution in [0.4, 0.5) is 5.69 Å². The van der Waals surface area contributed by atoms with E-state index in [1.807, 2.05) is 13.0 Å². The van der Waals surface area contributed by atoms with Crippen molar-refractivity contribution in [3.05, 3.63) is 63.0 Å². The first-order valence-electron chi connectivity index (χ1n) is 6.39. The molecule has 0 fully saturated rings. The van der Waals surface area contributed by atoms with Crippen LogP contribution in [-0.2, 0) is 0 Å². The predicted octanol–water partition coefficient (Wildman–Crippen LogP) is 4.40. The Bertz CT molecular complexity index is 883. The van der Waals surface area contributed by atoms with Gasteiger partial charge < -0.3 is 4.74 Å². The number of pyridine rings is 2. The Morgan fingerprint density at radius 3 is 2.68 bits per heavy atom. The van der Waals surface area contributed by atoms with Crippen LogP contribution in [0.3, 0.4) is 0 Å². The summed E-state index contributed by atoms with van der Waals surface area (Å²) in [7, 11) is 0. The fourth-order valence-corrected chi connectivity index (χ4v) is 2.57. The molecule has 7 heteroatoms. The van der Waals surface area contributed by atoms with Gasteiger partial charge >= 0.3 is 0 Å². The molecule has 0 N–H and O–H groups in total. The minimum atomic E-state index is -0.433. The average molecular weight is 360 g/mol. The standard InChI is InChI=1S/C15H10BrN3O3/c1-9-4-6-13(15(16)18-9)22-12-7-5-11(19(20)21)10-3-2-8-17-14(10)12/h2-8H,1H3. The number of aryl methyl sites for hydroxylation is 1. The summed E-state index contributed by atoms with van der Waals surface area (Å²) in [6, 6.07) is 9.86. The number of rotatable bonds is 3. The maximum atomic E-state index is 11.1. The zero-order valence-corrected chi connectivity index (χ0v) is 13.1. The summed E-state index contributed by atoms with van der Waals surface area (Å²) in [6.07, 6.45) is 1.57. The van der Waals surface area contributed by atoms with E-state index in [0.29, 0.717) is 27.0 Å². The Hall–Kier alpha value is -2.54. The van der Waals surface area contributed by atoms with E-state index in [-0.39, 0.29) is 5.69 Å². The molecule has 2 heterocycles. The molecule has 1 aromatic carbocycles. The summed E-state index contributed by atoms with van der Waals surface area (Å²) in [6.45, 7) is 1.87. The van der Waals surface area contributed by atoms with Gasteiger partial charge in [0, 0.05) is 18.0 Å². The summed E-state index contributed by atoms with van der Waals surface area (Å²) in [5, 5.41) is 11.5. The predicted molar refractivity (Wildman–Crippen MR) is 85.1 cm³/mol. The van der Waals surface area contributed by atoms with Gasteiger partial charge in [-0.2, -0.15) is 0 Å². The zero-order valence-electron chi connectivity index (χ0n) is 11.5. The van der Waals surface area contributed by atoms with Gasteiger partial charge in [-0.3, -0.25) is 15.1 Å². The number of aromatic nitrogens is 2. The van der Waals surface area contributed by atoms with Gasteiger partial charge in [0.2, 0.25) is 0 Å². The molecule has 3 rings (SSSR count). The summed E-state index contributed by atoms with van der Waals surface area (Å²) in [5.41, 5.74) is 1.28. The lowest BCUT2D eigenvalue weighted by atomic mass is 10.1. The van der Waals surface area contributed by atoms with Crippen molar-refractivity contribution in [2.24, 2.45) is 0 Å². The fourth-order valence-electron chi connectivity index (χ4n) is 2.08. The van der Waals surface area contributed by atoms with E-state index in [2.05, 4.69) is 25.9 Å². The van der Waals surface area contributed by atoms with Crippen molar-refractivity contribution in [1.82, 2.24) is 9.97 Å². The Kier molecular flexibility index (Phi) is 3.72. The van der Waals surface area contributed by atoms with E-state index in [1.165, 1.54) is 6.07 Å². The molecular weight excluding hydrogens is 350 g/mol. The Labute approximate surface area is 134 Å². The molecule has 22 heavy (non-hydrogen) atoms. The number of benzene rings is 1. The van der Waals surface area contributed by atoms with E-state index in [0.717, 1.165) is 5.69 Å². The largest absolute Gasteiger partial charge is 0.452 e. The molecule has 0 aliphatic heterocycles. The highest BCUT2D eigenvalue weighted by Crippen LogP contribution is 2.35. The molecule has 0 saturated carbocycles. The van der Waals surface area contributed by atoms with E-state index in [1.54, 1.807) is 30.5 Å². The number of nitro groups is 1. The second-order valence-corrected chi connectivity index (χ2v) is 5.33. The number of hydrogen-bond acceptors (Lipinski definition) is 5. The van der Waals surface area contributed by atoms with Crippen molar-refractivity contribution in [2.75, 3.05) is 0 Å². The second kappa shape index (κ2) is 5.69. The van der Waals surface area contributed by atoms with Gasteiger partial charge in [-0.05, 0) is 53.2 Å². The van der Waals surface area contributed by atoms with Gasteiger partial charge in [-0.15, -0.1) is 0 Å². The van der Waals surface area contributed by atoms with Crippen LogP contribution in [0.15, 0.2) is 47.2 Å². The zero-order chi connectivity index (χ0) is 15.7. The molecule has 110 valence electrons. The molecule has 0 radical (unpaired) electrons. The Balaban J connectivity index is 2.12. The third-order valence-electron chi connectivity index (χ3n) is 3.08. The highest BCUT2D eigenvalue weighted by molar-refractivity contribution is 9.10. The van der Waals surface area contributed by atoms with Crippen LogP contribution in [0.2, 0.25) is 0 Å². The van der Waals surface area contributed by atoms with Gasteiger partial charge in [-0.25, -0.2) is 4.98 Å². The molecule has 0 amide bonds. The van der Waals surface area contributed by atoms with Gasteiger partial charge in [0.15, 0.2) is 11.5 Å². The molecular formula is C15H10BrN3O3. The second-order valence-electron chi connectivity index (χ2n) is 4.58. The number of non-ortho nitro benzene ring substituents is 1.